The van der Waals surface area contributed by atoms with Crippen molar-refractivity contribution < 1.29 is 14.3 Å². The molecule has 0 amide bonds. The number of ether oxygens (including phenoxy) is 2. The van der Waals surface area contributed by atoms with Crippen molar-refractivity contribution in [3.8, 4) is 0 Å². The largest absolute Gasteiger partial charge is 0.378 e. The summed E-state index contributed by atoms with van der Waals surface area (Å²) in [6.45, 7) is 3.65. The fourth-order valence-corrected chi connectivity index (χ4v) is 5.10. The molecule has 4 unspecified atom stereocenters. The Morgan fingerprint density at radius 2 is 2.10 bits per heavy atom. The maximum atomic E-state index is 12.2. The lowest BCUT2D eigenvalue weighted by molar-refractivity contribution is -0.125. The van der Waals surface area contributed by atoms with E-state index in [2.05, 4.69) is 4.90 Å². The lowest BCUT2D eigenvalue weighted by Crippen LogP contribution is -2.52. The third-order valence-corrected chi connectivity index (χ3v) is 6.16. The topological polar surface area (TPSA) is 38.8 Å². The fraction of sp³-hybridized carbons (Fsp3) is 0.941. The van der Waals surface area contributed by atoms with Gasteiger partial charge in [-0.3, -0.25) is 9.69 Å². The Morgan fingerprint density at radius 1 is 1.14 bits per heavy atom. The van der Waals surface area contributed by atoms with Gasteiger partial charge in [-0.1, -0.05) is 0 Å². The predicted octanol–water partition coefficient (Wildman–Crippen LogP) is 2.16. The molecule has 1 spiro atoms. The molecule has 0 aromatic carbocycles. The lowest BCUT2D eigenvalue weighted by Gasteiger charge is -2.43. The molecule has 0 bridgehead atoms. The van der Waals surface area contributed by atoms with Crippen molar-refractivity contribution in [1.29, 1.82) is 0 Å². The van der Waals surface area contributed by atoms with E-state index >= 15 is 0 Å². The van der Waals surface area contributed by atoms with Crippen LogP contribution >= 0.6 is 0 Å². The number of hydrogen-bond donors (Lipinski definition) is 0. The molecule has 21 heavy (non-hydrogen) atoms. The Kier molecular flexibility index (Phi) is 3.80. The van der Waals surface area contributed by atoms with Crippen LogP contribution in [0.3, 0.4) is 0 Å². The normalized spacial score (nSPS) is 45.0. The smallest absolute Gasteiger partial charge is 0.137 e. The molecule has 118 valence electrons. The Balaban J connectivity index is 1.48. The van der Waals surface area contributed by atoms with Crippen LogP contribution in [-0.2, 0) is 14.3 Å². The number of carbonyl (C=O) groups excluding carboxylic acids is 1. The Hall–Kier alpha value is -0.450. The maximum absolute atomic E-state index is 12.2. The Bertz CT molecular complexity index is 405. The first-order valence-corrected chi connectivity index (χ1v) is 8.78. The molecule has 4 aliphatic rings. The summed E-state index contributed by atoms with van der Waals surface area (Å²) in [6.07, 6.45) is 8.80. The van der Waals surface area contributed by atoms with Crippen LogP contribution in [0.5, 0.6) is 0 Å². The summed E-state index contributed by atoms with van der Waals surface area (Å²) in [5, 5.41) is 0. The number of rotatable bonds is 2. The summed E-state index contributed by atoms with van der Waals surface area (Å²) in [5.41, 5.74) is -0.0181. The standard InChI is InChI=1S/C17H27NO3/c19-16-5-1-3-14(16)15-4-2-8-18(15)13-6-9-21-17(11-13)7-10-20-12-17/h13-15H,1-12H2. The van der Waals surface area contributed by atoms with Crippen LogP contribution in [0.15, 0.2) is 0 Å². The first-order valence-electron chi connectivity index (χ1n) is 8.78. The van der Waals surface area contributed by atoms with E-state index in [0.29, 0.717) is 23.8 Å². The van der Waals surface area contributed by atoms with Crippen LogP contribution < -0.4 is 0 Å². The molecule has 3 heterocycles. The molecule has 4 heteroatoms. The molecule has 3 aliphatic heterocycles. The second-order valence-corrected chi connectivity index (χ2v) is 7.39. The molecule has 0 aromatic heterocycles. The molecular weight excluding hydrogens is 266 g/mol. The van der Waals surface area contributed by atoms with Gasteiger partial charge in [-0.25, -0.2) is 0 Å². The van der Waals surface area contributed by atoms with Crippen molar-refractivity contribution >= 4 is 5.78 Å². The Morgan fingerprint density at radius 3 is 2.86 bits per heavy atom. The number of hydrogen-bond acceptors (Lipinski definition) is 4. The summed E-state index contributed by atoms with van der Waals surface area (Å²) >= 11 is 0. The lowest BCUT2D eigenvalue weighted by atomic mass is 9.87. The van der Waals surface area contributed by atoms with Crippen LogP contribution in [0.2, 0.25) is 0 Å². The van der Waals surface area contributed by atoms with Gasteiger partial charge < -0.3 is 9.47 Å². The van der Waals surface area contributed by atoms with E-state index in [0.717, 1.165) is 58.3 Å². The zero-order chi connectivity index (χ0) is 14.3. The highest BCUT2D eigenvalue weighted by molar-refractivity contribution is 5.83. The van der Waals surface area contributed by atoms with Crippen LogP contribution in [0.1, 0.15) is 51.4 Å². The molecule has 1 aliphatic carbocycles. The van der Waals surface area contributed by atoms with E-state index in [1.54, 1.807) is 0 Å². The van der Waals surface area contributed by atoms with Crippen LogP contribution in [-0.4, -0.2) is 54.7 Å². The van der Waals surface area contributed by atoms with Crippen molar-refractivity contribution in [1.82, 2.24) is 4.90 Å². The van der Waals surface area contributed by atoms with Crippen LogP contribution in [0, 0.1) is 5.92 Å². The number of nitrogens with zero attached hydrogens (tertiary/aromatic N) is 1. The summed E-state index contributed by atoms with van der Waals surface area (Å²) in [7, 11) is 0. The number of likely N-dealkylation sites (tertiary alicyclic amines) is 1. The van der Waals surface area contributed by atoms with Crippen molar-refractivity contribution in [2.75, 3.05) is 26.4 Å². The number of carbonyl (C=O) groups is 1. The van der Waals surface area contributed by atoms with E-state index in [4.69, 9.17) is 9.47 Å². The highest BCUT2D eigenvalue weighted by Gasteiger charge is 2.46. The predicted molar refractivity (Wildman–Crippen MR) is 79.2 cm³/mol. The summed E-state index contributed by atoms with van der Waals surface area (Å²) in [5.74, 6) is 0.851. The van der Waals surface area contributed by atoms with Crippen molar-refractivity contribution in [2.24, 2.45) is 5.92 Å². The molecule has 4 atom stereocenters. The van der Waals surface area contributed by atoms with E-state index in [1.165, 1.54) is 19.4 Å². The molecule has 3 saturated heterocycles. The third-order valence-electron chi connectivity index (χ3n) is 6.16. The average molecular weight is 293 g/mol. The molecule has 0 aromatic rings. The summed E-state index contributed by atoms with van der Waals surface area (Å²) in [6, 6.07) is 1.11. The van der Waals surface area contributed by atoms with Gasteiger partial charge in [0.05, 0.1) is 12.2 Å². The second kappa shape index (κ2) is 5.64. The summed E-state index contributed by atoms with van der Waals surface area (Å²) in [4.78, 5) is 14.8. The highest BCUT2D eigenvalue weighted by atomic mass is 16.6. The average Bonchev–Trinajstić information content (AvgIpc) is 3.20. The van der Waals surface area contributed by atoms with E-state index in [1.807, 2.05) is 0 Å². The van der Waals surface area contributed by atoms with Gasteiger partial charge in [0.1, 0.15) is 5.78 Å². The monoisotopic (exact) mass is 293 g/mol. The van der Waals surface area contributed by atoms with Gasteiger partial charge in [-0.05, 0) is 45.1 Å². The van der Waals surface area contributed by atoms with Crippen molar-refractivity contribution in [2.45, 2.75) is 69.1 Å². The van der Waals surface area contributed by atoms with E-state index in [-0.39, 0.29) is 5.60 Å². The van der Waals surface area contributed by atoms with Gasteiger partial charge in [0.25, 0.3) is 0 Å². The first-order chi connectivity index (χ1) is 10.3. The molecule has 0 N–H and O–H groups in total. The first kappa shape index (κ1) is 14.2. The van der Waals surface area contributed by atoms with Crippen LogP contribution in [0.25, 0.3) is 0 Å². The quantitative estimate of drug-likeness (QED) is 0.782. The maximum Gasteiger partial charge on any atom is 0.137 e. The SMILES string of the molecule is O=C1CCCC1C1CCCN1C1CCOC2(CCOC2)C1. The minimum atomic E-state index is -0.0181. The number of Topliss-reactive ketones (excluding diaryl/α,β-unsaturated/α-hetero) is 1. The Labute approximate surface area is 127 Å². The number of ketones is 1. The molecule has 4 nitrogen and oxygen atoms in total. The van der Waals surface area contributed by atoms with Gasteiger partial charge in [-0.15, -0.1) is 0 Å². The molecule has 4 rings (SSSR count). The molecule has 0 radical (unpaired) electrons. The molecule has 1 saturated carbocycles. The minimum Gasteiger partial charge on any atom is -0.378 e. The highest BCUT2D eigenvalue weighted by Crippen LogP contribution is 2.40. The zero-order valence-electron chi connectivity index (χ0n) is 12.9. The van der Waals surface area contributed by atoms with Gasteiger partial charge in [0, 0.05) is 44.1 Å². The van der Waals surface area contributed by atoms with Gasteiger partial charge in [0.2, 0.25) is 0 Å². The van der Waals surface area contributed by atoms with Crippen LogP contribution in [0.4, 0.5) is 0 Å². The second-order valence-electron chi connectivity index (χ2n) is 7.39. The van der Waals surface area contributed by atoms with Crippen molar-refractivity contribution in [3.05, 3.63) is 0 Å². The minimum absolute atomic E-state index is 0.0181. The molecular formula is C17H27NO3. The summed E-state index contributed by atoms with van der Waals surface area (Å²) < 4.78 is 11.7. The molecule has 4 fully saturated rings. The third kappa shape index (κ3) is 2.55. The van der Waals surface area contributed by atoms with Gasteiger partial charge in [0.15, 0.2) is 0 Å². The van der Waals surface area contributed by atoms with E-state index in [9.17, 15) is 4.79 Å². The van der Waals surface area contributed by atoms with E-state index < -0.39 is 0 Å². The van der Waals surface area contributed by atoms with Gasteiger partial charge >= 0.3 is 0 Å². The fourth-order valence-electron chi connectivity index (χ4n) is 5.10. The zero-order valence-corrected chi connectivity index (χ0v) is 12.9. The van der Waals surface area contributed by atoms with Gasteiger partial charge in [-0.2, -0.15) is 0 Å². The van der Waals surface area contributed by atoms with Crippen molar-refractivity contribution in [3.63, 3.8) is 0 Å².